The van der Waals surface area contributed by atoms with Gasteiger partial charge in [-0.15, -0.1) is 0 Å². The molecule has 0 fully saturated rings. The summed E-state index contributed by atoms with van der Waals surface area (Å²) in [6, 6.07) is 6.46. The first-order valence-electron chi connectivity index (χ1n) is 7.53. The minimum absolute atomic E-state index is 0.269. The molecule has 1 aromatic carbocycles. The fourth-order valence-corrected chi connectivity index (χ4v) is 3.28. The van der Waals surface area contributed by atoms with Gasteiger partial charge in [0.05, 0.1) is 11.3 Å². The minimum Gasteiger partial charge on any atom is -0.479 e. The Balaban J connectivity index is 2.06. The van der Waals surface area contributed by atoms with Gasteiger partial charge in [-0.05, 0) is 31.4 Å². The molecule has 0 aliphatic carbocycles. The van der Waals surface area contributed by atoms with Gasteiger partial charge in [-0.25, -0.2) is 4.79 Å². The van der Waals surface area contributed by atoms with Crippen molar-refractivity contribution in [2.24, 2.45) is 7.05 Å². The highest BCUT2D eigenvalue weighted by Gasteiger charge is 2.37. The van der Waals surface area contributed by atoms with Gasteiger partial charge in [-0.2, -0.15) is 5.10 Å². The lowest BCUT2D eigenvalue weighted by Gasteiger charge is -2.34. The number of nitrogens with zero attached hydrogens (tertiary/aromatic N) is 3. The van der Waals surface area contributed by atoms with Crippen LogP contribution >= 0.6 is 0 Å². The number of aromatic nitrogens is 2. The van der Waals surface area contributed by atoms with E-state index in [1.54, 1.807) is 24.7 Å². The fraction of sp³-hybridized carbons (Fsp3) is 0.353. The third-order valence-corrected chi connectivity index (χ3v) is 4.50. The maximum absolute atomic E-state index is 13.0. The molecule has 2 heterocycles. The summed E-state index contributed by atoms with van der Waals surface area (Å²) in [5.41, 5.74) is 3.55. The number of carboxylic acids is 1. The second-order valence-corrected chi connectivity index (χ2v) is 5.86. The summed E-state index contributed by atoms with van der Waals surface area (Å²) >= 11 is 0. The topological polar surface area (TPSA) is 75.4 Å². The van der Waals surface area contributed by atoms with Crippen LogP contribution in [0.15, 0.2) is 24.3 Å². The van der Waals surface area contributed by atoms with Crippen LogP contribution in [0.25, 0.3) is 0 Å². The van der Waals surface area contributed by atoms with Crippen LogP contribution in [0, 0.1) is 13.8 Å². The van der Waals surface area contributed by atoms with Crippen LogP contribution in [0.2, 0.25) is 0 Å². The zero-order valence-corrected chi connectivity index (χ0v) is 13.4. The van der Waals surface area contributed by atoms with Crippen molar-refractivity contribution in [1.82, 2.24) is 14.7 Å². The van der Waals surface area contributed by atoms with Crippen LogP contribution in [0.1, 0.15) is 38.9 Å². The standard InChI is InChI=1S/C17H19N3O3/c1-10-14(11(2)19(3)18-10)16(21)20-9-8-12-6-4-5-7-13(12)15(20)17(22)23/h4-7,15H,8-9H2,1-3H3,(H,22,23)/t15-/m0/s1. The predicted octanol–water partition coefficient (Wildman–Crippen LogP) is 1.86. The molecule has 120 valence electrons. The van der Waals surface area contributed by atoms with Crippen LogP contribution < -0.4 is 0 Å². The molecule has 1 N–H and O–H groups in total. The number of aryl methyl sites for hydroxylation is 2. The van der Waals surface area contributed by atoms with Crippen LogP contribution in [-0.2, 0) is 18.3 Å². The molecule has 23 heavy (non-hydrogen) atoms. The number of amides is 1. The molecule has 0 saturated carbocycles. The molecule has 1 amide bonds. The van der Waals surface area contributed by atoms with E-state index in [4.69, 9.17) is 0 Å². The molecular formula is C17H19N3O3. The highest BCUT2D eigenvalue weighted by atomic mass is 16.4. The quantitative estimate of drug-likeness (QED) is 0.918. The van der Waals surface area contributed by atoms with Crippen molar-refractivity contribution in [1.29, 1.82) is 0 Å². The first kappa shape index (κ1) is 15.3. The highest BCUT2D eigenvalue weighted by molar-refractivity contribution is 5.99. The Morgan fingerprint density at radius 3 is 2.57 bits per heavy atom. The summed E-state index contributed by atoms with van der Waals surface area (Å²) in [6.07, 6.45) is 0.657. The van der Waals surface area contributed by atoms with E-state index in [9.17, 15) is 14.7 Å². The molecule has 6 nitrogen and oxygen atoms in total. The number of carboxylic acid groups (broad SMARTS) is 1. The molecule has 0 unspecified atom stereocenters. The zero-order chi connectivity index (χ0) is 16.7. The Kier molecular flexibility index (Phi) is 3.67. The van der Waals surface area contributed by atoms with E-state index in [0.29, 0.717) is 29.8 Å². The Labute approximate surface area is 134 Å². The van der Waals surface area contributed by atoms with Gasteiger partial charge in [0.1, 0.15) is 0 Å². The van der Waals surface area contributed by atoms with Crippen molar-refractivity contribution in [3.05, 3.63) is 52.3 Å². The van der Waals surface area contributed by atoms with E-state index >= 15 is 0 Å². The Morgan fingerprint density at radius 1 is 1.26 bits per heavy atom. The highest BCUT2D eigenvalue weighted by Crippen LogP contribution is 2.32. The molecule has 2 aromatic rings. The van der Waals surface area contributed by atoms with Gasteiger partial charge >= 0.3 is 5.97 Å². The lowest BCUT2D eigenvalue weighted by molar-refractivity contribution is -0.143. The number of carbonyl (C=O) groups is 2. The number of benzene rings is 1. The average molecular weight is 313 g/mol. The maximum atomic E-state index is 13.0. The Morgan fingerprint density at radius 2 is 1.96 bits per heavy atom. The Bertz CT molecular complexity index is 794. The SMILES string of the molecule is Cc1nn(C)c(C)c1C(=O)N1CCc2ccccc2[C@H]1C(=O)O. The first-order chi connectivity index (χ1) is 10.9. The summed E-state index contributed by atoms with van der Waals surface area (Å²) in [7, 11) is 1.78. The van der Waals surface area contributed by atoms with E-state index in [2.05, 4.69) is 5.10 Å². The van der Waals surface area contributed by atoms with Gasteiger partial charge in [0.2, 0.25) is 0 Å². The van der Waals surface area contributed by atoms with Gasteiger partial charge in [0, 0.05) is 19.3 Å². The third kappa shape index (κ3) is 2.40. The molecule has 1 aliphatic rings. The number of rotatable bonds is 2. The minimum atomic E-state index is -1.01. The molecule has 1 aliphatic heterocycles. The van der Waals surface area contributed by atoms with E-state index < -0.39 is 12.0 Å². The second-order valence-electron chi connectivity index (χ2n) is 5.86. The van der Waals surface area contributed by atoms with Crippen molar-refractivity contribution in [3.63, 3.8) is 0 Å². The monoisotopic (exact) mass is 313 g/mol. The summed E-state index contributed by atoms with van der Waals surface area (Å²) in [5, 5.41) is 13.9. The number of aliphatic carboxylic acids is 1. The van der Waals surface area contributed by atoms with Crippen molar-refractivity contribution in [2.75, 3.05) is 6.54 Å². The van der Waals surface area contributed by atoms with Crippen LogP contribution in [0.5, 0.6) is 0 Å². The van der Waals surface area contributed by atoms with Gasteiger partial charge < -0.3 is 10.0 Å². The van der Waals surface area contributed by atoms with Crippen molar-refractivity contribution in [2.45, 2.75) is 26.3 Å². The zero-order valence-electron chi connectivity index (χ0n) is 13.4. The predicted molar refractivity (Wildman–Crippen MR) is 84.2 cm³/mol. The third-order valence-electron chi connectivity index (χ3n) is 4.50. The number of carbonyl (C=O) groups excluding carboxylic acids is 1. The normalized spacial score (nSPS) is 17.0. The van der Waals surface area contributed by atoms with E-state index in [1.165, 1.54) is 4.90 Å². The van der Waals surface area contributed by atoms with Crippen LogP contribution in [0.4, 0.5) is 0 Å². The summed E-state index contributed by atoms with van der Waals surface area (Å²) in [4.78, 5) is 26.3. The van der Waals surface area contributed by atoms with Gasteiger partial charge in [0.25, 0.3) is 5.91 Å². The molecular weight excluding hydrogens is 294 g/mol. The lowest BCUT2D eigenvalue weighted by atomic mass is 9.92. The summed E-state index contributed by atoms with van der Waals surface area (Å²) < 4.78 is 1.65. The van der Waals surface area contributed by atoms with Crippen molar-refractivity contribution >= 4 is 11.9 Å². The fourth-order valence-electron chi connectivity index (χ4n) is 3.28. The molecule has 6 heteroatoms. The lowest BCUT2D eigenvalue weighted by Crippen LogP contribution is -2.43. The number of fused-ring (bicyclic) bond motifs is 1. The van der Waals surface area contributed by atoms with Crippen LogP contribution in [-0.4, -0.2) is 38.2 Å². The number of hydrogen-bond acceptors (Lipinski definition) is 3. The molecule has 0 bridgehead atoms. The first-order valence-corrected chi connectivity index (χ1v) is 7.53. The van der Waals surface area contributed by atoms with Crippen molar-refractivity contribution < 1.29 is 14.7 Å². The molecule has 0 radical (unpaired) electrons. The second kappa shape index (κ2) is 5.53. The van der Waals surface area contributed by atoms with Crippen LogP contribution in [0.3, 0.4) is 0 Å². The maximum Gasteiger partial charge on any atom is 0.331 e. The van der Waals surface area contributed by atoms with Gasteiger partial charge in [0.15, 0.2) is 6.04 Å². The molecule has 0 saturated heterocycles. The van der Waals surface area contributed by atoms with E-state index in [-0.39, 0.29) is 5.91 Å². The van der Waals surface area contributed by atoms with E-state index in [1.807, 2.05) is 25.1 Å². The largest absolute Gasteiger partial charge is 0.479 e. The summed E-state index contributed by atoms with van der Waals surface area (Å²) in [6.45, 7) is 3.98. The average Bonchev–Trinajstić information content (AvgIpc) is 2.78. The van der Waals surface area contributed by atoms with Crippen molar-refractivity contribution in [3.8, 4) is 0 Å². The Hall–Kier alpha value is -2.63. The molecule has 1 atom stereocenters. The van der Waals surface area contributed by atoms with E-state index in [0.717, 1.165) is 11.3 Å². The van der Waals surface area contributed by atoms with Gasteiger partial charge in [-0.3, -0.25) is 9.48 Å². The summed E-state index contributed by atoms with van der Waals surface area (Å²) in [5.74, 6) is -1.28. The molecule has 1 aromatic heterocycles. The molecule has 3 rings (SSSR count). The number of hydrogen-bond donors (Lipinski definition) is 1. The smallest absolute Gasteiger partial charge is 0.331 e. The molecule has 0 spiro atoms. The van der Waals surface area contributed by atoms with Gasteiger partial charge in [-0.1, -0.05) is 24.3 Å².